The number of anilines is 1. The normalized spacial score (nSPS) is 17.4. The number of carbonyl (C=O) groups is 1. The van der Waals surface area contributed by atoms with Gasteiger partial charge in [-0.2, -0.15) is 5.10 Å². The maximum Gasteiger partial charge on any atom is 0.326 e. The van der Waals surface area contributed by atoms with Gasteiger partial charge in [0, 0.05) is 63.4 Å². The summed E-state index contributed by atoms with van der Waals surface area (Å²) in [5.41, 5.74) is 1.70. The van der Waals surface area contributed by atoms with Crippen LogP contribution in [0.15, 0.2) is 49.1 Å². The van der Waals surface area contributed by atoms with Crippen molar-refractivity contribution in [2.24, 2.45) is 7.05 Å². The Balaban J connectivity index is 1.26. The predicted molar refractivity (Wildman–Crippen MR) is 114 cm³/mol. The molecule has 5 heterocycles. The topological polar surface area (TPSA) is 85.6 Å². The van der Waals surface area contributed by atoms with Gasteiger partial charge in [-0.15, -0.1) is 0 Å². The van der Waals surface area contributed by atoms with Crippen molar-refractivity contribution in [3.63, 3.8) is 0 Å². The Morgan fingerprint density at radius 1 is 1.06 bits per heavy atom. The van der Waals surface area contributed by atoms with Gasteiger partial charge >= 0.3 is 6.03 Å². The van der Waals surface area contributed by atoms with Crippen molar-refractivity contribution in [3.8, 4) is 22.8 Å². The first-order valence-electron chi connectivity index (χ1n) is 10.4. The number of amides is 2. The molecule has 2 fully saturated rings. The molecule has 31 heavy (non-hydrogen) atoms. The number of aryl methyl sites for hydroxylation is 1. The molecule has 0 unspecified atom stereocenters. The lowest BCUT2D eigenvalue weighted by Gasteiger charge is -2.30. The van der Waals surface area contributed by atoms with Gasteiger partial charge in [-0.25, -0.2) is 9.78 Å². The first kappa shape index (κ1) is 19.5. The third kappa shape index (κ3) is 4.09. The largest absolute Gasteiger partial charge is 0.456 e. The minimum absolute atomic E-state index is 0.0170. The van der Waals surface area contributed by atoms with E-state index < -0.39 is 0 Å². The molecule has 160 valence electrons. The Kier molecular flexibility index (Phi) is 5.25. The van der Waals surface area contributed by atoms with Gasteiger partial charge in [0.1, 0.15) is 17.3 Å². The van der Waals surface area contributed by atoms with Gasteiger partial charge in [0.25, 0.3) is 0 Å². The van der Waals surface area contributed by atoms with Crippen LogP contribution in [0.4, 0.5) is 10.6 Å². The van der Waals surface area contributed by atoms with Crippen LogP contribution in [0.1, 0.15) is 12.8 Å². The van der Waals surface area contributed by atoms with E-state index in [1.54, 1.807) is 34.2 Å². The molecule has 0 N–H and O–H groups in total. The zero-order chi connectivity index (χ0) is 21.2. The van der Waals surface area contributed by atoms with E-state index in [-0.39, 0.29) is 12.1 Å². The van der Waals surface area contributed by atoms with E-state index in [0.29, 0.717) is 23.9 Å². The summed E-state index contributed by atoms with van der Waals surface area (Å²) in [6.07, 6.45) is 8.80. The summed E-state index contributed by atoms with van der Waals surface area (Å²) < 4.78 is 13.1. The summed E-state index contributed by atoms with van der Waals surface area (Å²) in [7, 11) is 1.87. The lowest BCUT2D eigenvalue weighted by Crippen LogP contribution is -2.42. The number of hydrogen-bond donors (Lipinski definition) is 0. The molecule has 0 atom stereocenters. The molecule has 2 saturated heterocycles. The maximum atomic E-state index is 12.9. The zero-order valence-electron chi connectivity index (χ0n) is 17.3. The van der Waals surface area contributed by atoms with E-state index >= 15 is 0 Å². The first-order valence-corrected chi connectivity index (χ1v) is 10.4. The Labute approximate surface area is 180 Å². The fourth-order valence-corrected chi connectivity index (χ4v) is 4.02. The van der Waals surface area contributed by atoms with E-state index in [1.807, 2.05) is 36.3 Å². The molecule has 0 spiro atoms. The lowest BCUT2D eigenvalue weighted by atomic mass is 10.1. The minimum atomic E-state index is 0.0170. The third-order valence-electron chi connectivity index (χ3n) is 5.64. The Morgan fingerprint density at radius 3 is 2.68 bits per heavy atom. The second kappa shape index (κ2) is 8.35. The van der Waals surface area contributed by atoms with Crippen molar-refractivity contribution in [3.05, 3.63) is 49.1 Å². The van der Waals surface area contributed by atoms with Crippen molar-refractivity contribution in [1.29, 1.82) is 0 Å². The first-order chi connectivity index (χ1) is 15.2. The van der Waals surface area contributed by atoms with Gasteiger partial charge in [0.05, 0.1) is 18.1 Å². The van der Waals surface area contributed by atoms with Crippen LogP contribution in [0.25, 0.3) is 11.3 Å². The molecule has 0 aromatic carbocycles. The quantitative estimate of drug-likeness (QED) is 0.631. The summed E-state index contributed by atoms with van der Waals surface area (Å²) >= 11 is 0. The fourth-order valence-electron chi connectivity index (χ4n) is 4.02. The molecule has 2 amide bonds. The van der Waals surface area contributed by atoms with Crippen LogP contribution >= 0.6 is 0 Å². The summed E-state index contributed by atoms with van der Waals surface area (Å²) in [5.74, 6) is 1.89. The van der Waals surface area contributed by atoms with Crippen molar-refractivity contribution in [2.75, 3.05) is 31.2 Å². The molecule has 3 aromatic heterocycles. The number of carbonyl (C=O) groups excluding carboxylic acids is 1. The maximum absolute atomic E-state index is 12.9. The molecule has 2 aliphatic heterocycles. The number of ether oxygens (including phenoxy) is 2. The molecule has 2 aliphatic rings. The second-order valence-electron chi connectivity index (χ2n) is 7.70. The van der Waals surface area contributed by atoms with Gasteiger partial charge in [0.2, 0.25) is 0 Å². The van der Waals surface area contributed by atoms with Crippen LogP contribution in [-0.4, -0.2) is 63.0 Å². The molecule has 0 bridgehead atoms. The molecule has 0 aliphatic carbocycles. The summed E-state index contributed by atoms with van der Waals surface area (Å²) in [4.78, 5) is 25.4. The number of hydrogen-bond acceptors (Lipinski definition) is 6. The van der Waals surface area contributed by atoms with Gasteiger partial charge in [-0.3, -0.25) is 14.6 Å². The highest BCUT2D eigenvalue weighted by atomic mass is 16.5. The predicted octanol–water partition coefficient (Wildman–Crippen LogP) is 3.09. The monoisotopic (exact) mass is 420 g/mol. The Hall–Kier alpha value is -3.46. The van der Waals surface area contributed by atoms with Crippen LogP contribution in [0, 0.1) is 0 Å². The molecule has 0 saturated carbocycles. The molecule has 5 rings (SSSR count). The van der Waals surface area contributed by atoms with Gasteiger partial charge in [-0.1, -0.05) is 0 Å². The summed E-state index contributed by atoms with van der Waals surface area (Å²) in [5, 5.41) is 4.18. The SMILES string of the molecule is Cn1cc(-c2cc(Oc3ccc(N4CCN(C5CCOCC5)C4=O)nc3)ccn2)cn1. The molecule has 9 nitrogen and oxygen atoms in total. The average molecular weight is 420 g/mol. The highest BCUT2D eigenvalue weighted by Gasteiger charge is 2.35. The van der Waals surface area contributed by atoms with E-state index in [2.05, 4.69) is 15.1 Å². The highest BCUT2D eigenvalue weighted by Crippen LogP contribution is 2.28. The molecule has 0 radical (unpaired) electrons. The van der Waals surface area contributed by atoms with Crippen LogP contribution in [0.5, 0.6) is 11.5 Å². The van der Waals surface area contributed by atoms with Crippen LogP contribution in [0.3, 0.4) is 0 Å². The van der Waals surface area contributed by atoms with Gasteiger partial charge < -0.3 is 14.4 Å². The number of aromatic nitrogens is 4. The van der Waals surface area contributed by atoms with E-state index in [9.17, 15) is 4.79 Å². The van der Waals surface area contributed by atoms with Crippen molar-refractivity contribution in [2.45, 2.75) is 18.9 Å². The fraction of sp³-hybridized carbons (Fsp3) is 0.364. The number of urea groups is 1. The van der Waals surface area contributed by atoms with Crippen molar-refractivity contribution < 1.29 is 14.3 Å². The number of pyridine rings is 2. The van der Waals surface area contributed by atoms with E-state index in [0.717, 1.165) is 43.9 Å². The minimum Gasteiger partial charge on any atom is -0.456 e. The molecular formula is C22H24N6O3. The second-order valence-corrected chi connectivity index (χ2v) is 7.70. The number of nitrogens with zero attached hydrogens (tertiary/aromatic N) is 6. The molecule has 3 aromatic rings. The standard InChI is InChI=1S/C22H24N6O3/c1-26-15-16(13-25-26)20-12-18(4-7-23-20)31-19-2-3-21(24-14-19)28-9-8-27(22(28)29)17-5-10-30-11-6-17/h2-4,7,12-15,17H,5-6,8-11H2,1H3. The molecular weight excluding hydrogens is 396 g/mol. The third-order valence-corrected chi connectivity index (χ3v) is 5.64. The summed E-state index contributed by atoms with van der Waals surface area (Å²) in [6.45, 7) is 2.80. The van der Waals surface area contributed by atoms with Crippen LogP contribution in [0.2, 0.25) is 0 Å². The summed E-state index contributed by atoms with van der Waals surface area (Å²) in [6, 6.07) is 7.59. The highest BCUT2D eigenvalue weighted by molar-refractivity contribution is 5.93. The van der Waals surface area contributed by atoms with Crippen molar-refractivity contribution >= 4 is 11.8 Å². The van der Waals surface area contributed by atoms with Gasteiger partial charge in [-0.05, 0) is 31.0 Å². The zero-order valence-corrected chi connectivity index (χ0v) is 17.3. The smallest absolute Gasteiger partial charge is 0.326 e. The van der Waals surface area contributed by atoms with Crippen molar-refractivity contribution in [1.82, 2.24) is 24.6 Å². The van der Waals surface area contributed by atoms with Gasteiger partial charge in [0.15, 0.2) is 0 Å². The average Bonchev–Trinajstić information content (AvgIpc) is 3.41. The molecule has 9 heteroatoms. The van der Waals surface area contributed by atoms with Crippen LogP contribution in [-0.2, 0) is 11.8 Å². The number of rotatable bonds is 5. The van der Waals surface area contributed by atoms with Crippen LogP contribution < -0.4 is 9.64 Å². The lowest BCUT2D eigenvalue weighted by molar-refractivity contribution is 0.0520. The Bertz CT molecular complexity index is 1060. The van der Waals surface area contributed by atoms with E-state index in [4.69, 9.17) is 9.47 Å². The Morgan fingerprint density at radius 2 is 1.94 bits per heavy atom. The van der Waals surface area contributed by atoms with E-state index in [1.165, 1.54) is 0 Å².